The van der Waals surface area contributed by atoms with E-state index in [1.165, 1.54) is 0 Å². The molecule has 0 aliphatic carbocycles. The molecule has 0 bridgehead atoms. The molecule has 1 atom stereocenters. The summed E-state index contributed by atoms with van der Waals surface area (Å²) >= 11 is 0. The number of nitrogens with zero attached hydrogens (tertiary/aromatic N) is 2. The molecule has 7 heteroatoms. The van der Waals surface area contributed by atoms with Crippen molar-refractivity contribution < 1.29 is 14.2 Å². The predicted molar refractivity (Wildman–Crippen MR) is 106 cm³/mol. The molecular weight excluding hydrogens is 332 g/mol. The van der Waals surface area contributed by atoms with E-state index >= 15 is 0 Å². The molecule has 148 valence electrons. The first-order valence-corrected chi connectivity index (χ1v) is 9.09. The van der Waals surface area contributed by atoms with Crippen LogP contribution in [0.25, 0.3) is 0 Å². The van der Waals surface area contributed by atoms with Crippen molar-refractivity contribution in [2.45, 2.75) is 20.0 Å². The van der Waals surface area contributed by atoms with Crippen LogP contribution in [0.3, 0.4) is 0 Å². The Balaban J connectivity index is 2.43. The highest BCUT2D eigenvalue weighted by Crippen LogP contribution is 2.19. The van der Waals surface area contributed by atoms with Crippen molar-refractivity contribution in [1.29, 1.82) is 0 Å². The number of likely N-dealkylation sites (N-methyl/N-ethyl adjacent to an activating group) is 1. The van der Waals surface area contributed by atoms with E-state index < -0.39 is 0 Å². The summed E-state index contributed by atoms with van der Waals surface area (Å²) in [5, 5.41) is 6.60. The molecule has 0 amide bonds. The molecule has 0 saturated carbocycles. The maximum atomic E-state index is 5.91. The van der Waals surface area contributed by atoms with Gasteiger partial charge in [0.1, 0.15) is 17.6 Å². The lowest BCUT2D eigenvalue weighted by Gasteiger charge is -2.18. The summed E-state index contributed by atoms with van der Waals surface area (Å²) in [4.78, 5) is 6.82. The van der Waals surface area contributed by atoms with Gasteiger partial charge in [-0.1, -0.05) is 6.07 Å². The molecule has 26 heavy (non-hydrogen) atoms. The van der Waals surface area contributed by atoms with Crippen LogP contribution in [0.1, 0.15) is 13.8 Å². The lowest BCUT2D eigenvalue weighted by Crippen LogP contribution is -2.41. The SMILES string of the molecule is CCNC(=NCC(C)Oc1cccc(OC)c1)NCCN(C)CCOC. The summed E-state index contributed by atoms with van der Waals surface area (Å²) in [5.74, 6) is 2.37. The van der Waals surface area contributed by atoms with Crippen LogP contribution in [0.5, 0.6) is 11.5 Å². The van der Waals surface area contributed by atoms with Crippen molar-refractivity contribution in [3.05, 3.63) is 24.3 Å². The highest BCUT2D eigenvalue weighted by Gasteiger charge is 2.06. The van der Waals surface area contributed by atoms with E-state index in [1.54, 1.807) is 14.2 Å². The number of rotatable bonds is 12. The van der Waals surface area contributed by atoms with E-state index in [2.05, 4.69) is 34.5 Å². The first-order valence-electron chi connectivity index (χ1n) is 9.09. The van der Waals surface area contributed by atoms with Gasteiger partial charge in [-0.15, -0.1) is 0 Å². The van der Waals surface area contributed by atoms with Crippen LogP contribution in [0.4, 0.5) is 0 Å². The van der Waals surface area contributed by atoms with Gasteiger partial charge in [0, 0.05) is 39.4 Å². The fraction of sp³-hybridized carbons (Fsp3) is 0.632. The number of ether oxygens (including phenoxy) is 3. The topological polar surface area (TPSA) is 67.4 Å². The largest absolute Gasteiger partial charge is 0.497 e. The van der Waals surface area contributed by atoms with Crippen molar-refractivity contribution in [2.24, 2.45) is 4.99 Å². The minimum atomic E-state index is -0.0399. The fourth-order valence-electron chi connectivity index (χ4n) is 2.23. The lowest BCUT2D eigenvalue weighted by molar-refractivity contribution is 0.162. The number of guanidine groups is 1. The van der Waals surface area contributed by atoms with Crippen LogP contribution in [0.15, 0.2) is 29.3 Å². The zero-order chi connectivity index (χ0) is 19.2. The first kappa shape index (κ1) is 22.1. The normalized spacial score (nSPS) is 12.8. The van der Waals surface area contributed by atoms with Gasteiger partial charge in [-0.05, 0) is 33.0 Å². The second kappa shape index (κ2) is 13.2. The van der Waals surface area contributed by atoms with Crippen molar-refractivity contribution in [3.8, 4) is 11.5 Å². The van der Waals surface area contributed by atoms with Crippen LogP contribution < -0.4 is 20.1 Å². The molecule has 0 heterocycles. The molecule has 0 radical (unpaired) electrons. The van der Waals surface area contributed by atoms with E-state index in [-0.39, 0.29) is 6.10 Å². The van der Waals surface area contributed by atoms with Gasteiger partial charge < -0.3 is 29.7 Å². The third kappa shape index (κ3) is 9.48. The fourth-order valence-corrected chi connectivity index (χ4v) is 2.23. The Kier molecular flexibility index (Phi) is 11.2. The molecule has 1 rings (SSSR count). The maximum Gasteiger partial charge on any atom is 0.191 e. The molecule has 0 aliphatic heterocycles. The van der Waals surface area contributed by atoms with E-state index in [9.17, 15) is 0 Å². The summed E-state index contributed by atoms with van der Waals surface area (Å²) in [6, 6.07) is 7.60. The summed E-state index contributed by atoms with van der Waals surface area (Å²) in [7, 11) is 5.44. The predicted octanol–water partition coefficient (Wildman–Crippen LogP) is 1.60. The second-order valence-electron chi connectivity index (χ2n) is 6.05. The smallest absolute Gasteiger partial charge is 0.191 e. The molecule has 0 aliphatic rings. The zero-order valence-electron chi connectivity index (χ0n) is 16.7. The Labute approximate surface area is 157 Å². The van der Waals surface area contributed by atoms with E-state index in [0.717, 1.165) is 50.2 Å². The quantitative estimate of drug-likeness (QED) is 0.433. The highest BCUT2D eigenvalue weighted by atomic mass is 16.5. The summed E-state index contributed by atoms with van der Waals surface area (Å²) in [6.45, 7) is 8.83. The summed E-state index contributed by atoms with van der Waals surface area (Å²) in [6.07, 6.45) is -0.0399. The molecule has 1 aromatic rings. The van der Waals surface area contributed by atoms with Gasteiger partial charge in [0.05, 0.1) is 20.3 Å². The maximum absolute atomic E-state index is 5.91. The second-order valence-corrected chi connectivity index (χ2v) is 6.05. The monoisotopic (exact) mass is 366 g/mol. The van der Waals surface area contributed by atoms with Crippen molar-refractivity contribution in [2.75, 3.05) is 60.6 Å². The van der Waals surface area contributed by atoms with Gasteiger partial charge in [-0.25, -0.2) is 4.99 Å². The Morgan fingerprint density at radius 1 is 1.19 bits per heavy atom. The lowest BCUT2D eigenvalue weighted by atomic mass is 10.3. The van der Waals surface area contributed by atoms with E-state index in [0.29, 0.717) is 6.54 Å². The van der Waals surface area contributed by atoms with Crippen LogP contribution in [0.2, 0.25) is 0 Å². The number of hydrogen-bond acceptors (Lipinski definition) is 5. The van der Waals surface area contributed by atoms with Crippen LogP contribution in [0, 0.1) is 0 Å². The van der Waals surface area contributed by atoms with Crippen molar-refractivity contribution in [1.82, 2.24) is 15.5 Å². The number of methoxy groups -OCH3 is 2. The third-order valence-electron chi connectivity index (χ3n) is 3.69. The van der Waals surface area contributed by atoms with Crippen LogP contribution in [-0.2, 0) is 4.74 Å². The van der Waals surface area contributed by atoms with Gasteiger partial charge in [0.25, 0.3) is 0 Å². The molecule has 0 aromatic heterocycles. The molecule has 0 saturated heterocycles. The van der Waals surface area contributed by atoms with Crippen molar-refractivity contribution >= 4 is 5.96 Å². The molecular formula is C19H34N4O3. The molecule has 2 N–H and O–H groups in total. The van der Waals surface area contributed by atoms with Gasteiger partial charge in [-0.3, -0.25) is 0 Å². The molecule has 1 aromatic carbocycles. The third-order valence-corrected chi connectivity index (χ3v) is 3.69. The van der Waals surface area contributed by atoms with Gasteiger partial charge >= 0.3 is 0 Å². The van der Waals surface area contributed by atoms with Gasteiger partial charge in [0.2, 0.25) is 0 Å². The molecule has 1 unspecified atom stereocenters. The van der Waals surface area contributed by atoms with E-state index in [4.69, 9.17) is 14.2 Å². The van der Waals surface area contributed by atoms with Gasteiger partial charge in [-0.2, -0.15) is 0 Å². The van der Waals surface area contributed by atoms with E-state index in [1.807, 2.05) is 31.2 Å². The Bertz CT molecular complexity index is 525. The molecule has 0 spiro atoms. The summed E-state index contributed by atoms with van der Waals surface area (Å²) < 4.78 is 16.2. The minimum absolute atomic E-state index is 0.0399. The van der Waals surface area contributed by atoms with Crippen LogP contribution >= 0.6 is 0 Å². The van der Waals surface area contributed by atoms with Crippen molar-refractivity contribution in [3.63, 3.8) is 0 Å². The zero-order valence-corrected chi connectivity index (χ0v) is 16.7. The van der Waals surface area contributed by atoms with Crippen LogP contribution in [-0.4, -0.2) is 77.6 Å². The first-order chi connectivity index (χ1) is 12.6. The number of nitrogens with one attached hydrogen (secondary N) is 2. The Hall–Kier alpha value is -1.99. The number of hydrogen-bond donors (Lipinski definition) is 2. The minimum Gasteiger partial charge on any atom is -0.497 e. The number of benzene rings is 1. The average Bonchev–Trinajstić information content (AvgIpc) is 2.64. The summed E-state index contributed by atoms with van der Waals surface area (Å²) in [5.41, 5.74) is 0. The average molecular weight is 367 g/mol. The molecule has 7 nitrogen and oxygen atoms in total. The Morgan fingerprint density at radius 3 is 2.65 bits per heavy atom. The number of aliphatic imine (C=N–C) groups is 1. The Morgan fingerprint density at radius 2 is 1.96 bits per heavy atom. The highest BCUT2D eigenvalue weighted by molar-refractivity contribution is 5.79. The van der Waals surface area contributed by atoms with Gasteiger partial charge in [0.15, 0.2) is 5.96 Å². The molecule has 0 fully saturated rings. The standard InChI is InChI=1S/C19H34N4O3/c1-6-20-19(21-10-11-23(3)12-13-24-4)22-15-16(2)26-18-9-7-8-17(14-18)25-5/h7-9,14,16H,6,10-13,15H2,1-5H3,(H2,20,21,22).